The maximum atomic E-state index is 5.70. The third-order valence-corrected chi connectivity index (χ3v) is 18.5. The van der Waals surface area contributed by atoms with Gasteiger partial charge in [-0.15, -0.1) is 34.0 Å². The lowest BCUT2D eigenvalue weighted by molar-refractivity contribution is 1.12. The molecule has 6 aromatic carbocycles. The molecule has 4 aromatic heterocycles. The van der Waals surface area contributed by atoms with E-state index in [1.54, 1.807) is 0 Å². The summed E-state index contributed by atoms with van der Waals surface area (Å²) < 4.78 is 0. The van der Waals surface area contributed by atoms with Crippen LogP contribution in [0.2, 0.25) is 0 Å². The molecular weight excluding hydrogens is 893 g/mol. The second-order valence-corrected chi connectivity index (χ2v) is 22.1. The third-order valence-electron chi connectivity index (χ3n) is 15.1. The van der Waals surface area contributed by atoms with Crippen LogP contribution in [0, 0.1) is 83.1 Å². The Bertz CT molecular complexity index is 3130. The molecule has 0 saturated heterocycles. The highest BCUT2D eigenvalue weighted by molar-refractivity contribution is 7.19. The lowest BCUT2D eigenvalue weighted by Crippen LogP contribution is -2.07. The largest absolute Gasteiger partial charge is 0.228 e. The van der Waals surface area contributed by atoms with Gasteiger partial charge in [-0.25, -0.2) is 9.97 Å². The van der Waals surface area contributed by atoms with E-state index in [-0.39, 0.29) is 0 Å². The van der Waals surface area contributed by atoms with Gasteiger partial charge in [0.25, 0.3) is 0 Å². The predicted molar refractivity (Wildman–Crippen MR) is 301 cm³/mol. The minimum absolute atomic E-state index is 0.777. The van der Waals surface area contributed by atoms with Crippen molar-refractivity contribution in [3.63, 3.8) is 0 Å². The smallest absolute Gasteiger partial charge is 0.160 e. The molecule has 0 aliphatic rings. The number of rotatable bonds is 9. The quantitative estimate of drug-likeness (QED) is 0.144. The highest BCUT2D eigenvalue weighted by atomic mass is 32.1. The fourth-order valence-corrected chi connectivity index (χ4v) is 14.2. The van der Waals surface area contributed by atoms with E-state index in [0.29, 0.717) is 0 Å². The molecule has 0 N–H and O–H groups in total. The van der Waals surface area contributed by atoms with Crippen molar-refractivity contribution in [2.24, 2.45) is 0 Å². The Morgan fingerprint density at radius 3 is 0.754 bits per heavy atom. The molecule has 69 heavy (non-hydrogen) atoms. The Morgan fingerprint density at radius 1 is 0.246 bits per heavy atom. The maximum Gasteiger partial charge on any atom is 0.160 e. The first-order chi connectivity index (χ1) is 33.2. The molecule has 10 aromatic rings. The molecule has 0 aliphatic heterocycles. The lowest BCUT2D eigenvalue weighted by Gasteiger charge is -2.24. The maximum absolute atomic E-state index is 5.70. The SMILES string of the molecule is Cc1c(C)c(-c2ccc(-c3ccccc3)s2)c(C)c(C)c1-c1cc(-c2c(C)c(C)c(-c3ccc(-c4ccccc4)s3)c(C)c2C)nc(-c2c(C)c(C)c(-c3ccc(-c4ccccc4)s3)c(C)c2C)n1. The van der Waals surface area contributed by atoms with E-state index in [9.17, 15) is 0 Å². The molecule has 0 spiro atoms. The van der Waals surface area contributed by atoms with Crippen molar-refractivity contribution in [3.8, 4) is 96.5 Å². The average Bonchev–Trinajstić information content (AvgIpc) is 4.17. The van der Waals surface area contributed by atoms with Crippen LogP contribution >= 0.6 is 34.0 Å². The van der Waals surface area contributed by atoms with Crippen molar-refractivity contribution in [2.75, 3.05) is 0 Å². The Kier molecular flexibility index (Phi) is 12.4. The summed E-state index contributed by atoms with van der Waals surface area (Å²) >= 11 is 5.61. The molecular formula is C64H58N2S3. The van der Waals surface area contributed by atoms with Crippen LogP contribution in [0.5, 0.6) is 0 Å². The molecule has 5 heteroatoms. The van der Waals surface area contributed by atoms with Gasteiger partial charge in [-0.05, 0) is 226 Å². The molecule has 0 radical (unpaired) electrons. The average molecular weight is 951 g/mol. The van der Waals surface area contributed by atoms with Gasteiger partial charge in [-0.2, -0.15) is 0 Å². The van der Waals surface area contributed by atoms with Crippen LogP contribution in [0.15, 0.2) is 133 Å². The summed E-state index contributed by atoms with van der Waals surface area (Å²) in [6.45, 7) is 27.5. The second kappa shape index (κ2) is 18.4. The van der Waals surface area contributed by atoms with Crippen LogP contribution in [0.1, 0.15) is 66.8 Å². The van der Waals surface area contributed by atoms with Crippen molar-refractivity contribution >= 4 is 34.0 Å². The summed E-state index contributed by atoms with van der Waals surface area (Å²) in [5.74, 6) is 0.777. The molecule has 10 rings (SSSR count). The van der Waals surface area contributed by atoms with Crippen LogP contribution < -0.4 is 0 Å². The van der Waals surface area contributed by atoms with Crippen molar-refractivity contribution in [1.29, 1.82) is 0 Å². The van der Waals surface area contributed by atoms with E-state index in [1.807, 2.05) is 34.0 Å². The Morgan fingerprint density at radius 2 is 0.478 bits per heavy atom. The summed E-state index contributed by atoms with van der Waals surface area (Å²) in [4.78, 5) is 19.1. The summed E-state index contributed by atoms with van der Waals surface area (Å²) in [5.41, 5.74) is 28.3. The van der Waals surface area contributed by atoms with Gasteiger partial charge >= 0.3 is 0 Å². The Hall–Kier alpha value is -6.50. The van der Waals surface area contributed by atoms with Crippen LogP contribution in [0.25, 0.3) is 96.5 Å². The molecule has 0 amide bonds. The summed E-state index contributed by atoms with van der Waals surface area (Å²) in [6.07, 6.45) is 0. The monoisotopic (exact) mass is 950 g/mol. The van der Waals surface area contributed by atoms with Crippen molar-refractivity contribution in [1.82, 2.24) is 9.97 Å². The van der Waals surface area contributed by atoms with Crippen LogP contribution in [0.3, 0.4) is 0 Å². The number of hydrogen-bond donors (Lipinski definition) is 0. The molecule has 0 aliphatic carbocycles. The minimum Gasteiger partial charge on any atom is -0.228 e. The van der Waals surface area contributed by atoms with E-state index in [0.717, 1.165) is 22.8 Å². The summed E-state index contributed by atoms with van der Waals surface area (Å²) in [5, 5.41) is 0. The second-order valence-electron chi connectivity index (χ2n) is 18.8. The topological polar surface area (TPSA) is 25.8 Å². The fraction of sp³-hybridized carbons (Fsp3) is 0.188. The molecule has 0 saturated carbocycles. The molecule has 0 bridgehead atoms. The Balaban J connectivity index is 1.17. The highest BCUT2D eigenvalue weighted by Crippen LogP contribution is 2.48. The standard InChI is InChI=1S/C64H58N2S3/c1-35-39(5)60(55-31-28-52(67-55)47-22-16-13-17-23-47)40(6)36(2)58(35)50-34-51(59-37(3)41(7)61(42(8)38(59)4)56-32-29-53(68-56)48-24-18-14-19-25-48)66-64(65-50)63-45(11)43(9)62(44(10)46(63)12)57-33-30-54(69-57)49-26-20-15-21-27-49/h13-34H,1-12H3. The Labute approximate surface area is 421 Å². The van der Waals surface area contributed by atoms with Gasteiger partial charge in [0.05, 0.1) is 11.4 Å². The highest BCUT2D eigenvalue weighted by Gasteiger charge is 2.27. The molecule has 0 atom stereocenters. The van der Waals surface area contributed by atoms with Gasteiger partial charge in [0, 0.05) is 46.0 Å². The van der Waals surface area contributed by atoms with Crippen LogP contribution in [-0.4, -0.2) is 9.97 Å². The van der Waals surface area contributed by atoms with Crippen molar-refractivity contribution in [2.45, 2.75) is 83.1 Å². The molecule has 2 nitrogen and oxygen atoms in total. The van der Waals surface area contributed by atoms with Gasteiger partial charge in [-0.3, -0.25) is 0 Å². The summed E-state index contributed by atoms with van der Waals surface area (Å²) in [7, 11) is 0. The normalized spacial score (nSPS) is 11.5. The van der Waals surface area contributed by atoms with Gasteiger partial charge in [0.1, 0.15) is 0 Å². The number of benzene rings is 6. The third kappa shape index (κ3) is 8.05. The first kappa shape index (κ1) is 46.2. The van der Waals surface area contributed by atoms with Gasteiger partial charge < -0.3 is 0 Å². The molecule has 4 heterocycles. The van der Waals surface area contributed by atoms with Gasteiger partial charge in [-0.1, -0.05) is 91.0 Å². The van der Waals surface area contributed by atoms with Crippen LogP contribution in [0.4, 0.5) is 0 Å². The number of nitrogens with zero attached hydrogens (tertiary/aromatic N) is 2. The minimum atomic E-state index is 0.777. The first-order valence-electron chi connectivity index (χ1n) is 23.9. The molecule has 0 fully saturated rings. The molecule has 0 unspecified atom stereocenters. The zero-order chi connectivity index (χ0) is 48.4. The first-order valence-corrected chi connectivity index (χ1v) is 26.4. The van der Waals surface area contributed by atoms with E-state index < -0.39 is 0 Å². The van der Waals surface area contributed by atoms with Crippen LogP contribution in [-0.2, 0) is 0 Å². The zero-order valence-electron chi connectivity index (χ0n) is 41.8. The number of hydrogen-bond acceptors (Lipinski definition) is 5. The zero-order valence-corrected chi connectivity index (χ0v) is 44.3. The van der Waals surface area contributed by atoms with E-state index in [1.165, 1.54) is 141 Å². The van der Waals surface area contributed by atoms with Gasteiger partial charge in [0.2, 0.25) is 0 Å². The van der Waals surface area contributed by atoms with E-state index >= 15 is 0 Å². The summed E-state index contributed by atoms with van der Waals surface area (Å²) in [6, 6.07) is 48.2. The number of aromatic nitrogens is 2. The lowest BCUT2D eigenvalue weighted by atomic mass is 9.84. The van der Waals surface area contributed by atoms with E-state index in [4.69, 9.17) is 9.97 Å². The van der Waals surface area contributed by atoms with Crippen molar-refractivity contribution in [3.05, 3.63) is 200 Å². The number of thiophene rings is 3. The fourth-order valence-electron chi connectivity index (χ4n) is 10.7. The molecule has 342 valence electrons. The van der Waals surface area contributed by atoms with Gasteiger partial charge in [0.15, 0.2) is 5.82 Å². The van der Waals surface area contributed by atoms with E-state index in [2.05, 4.69) is 217 Å². The van der Waals surface area contributed by atoms with Crippen molar-refractivity contribution < 1.29 is 0 Å². The predicted octanol–water partition coefficient (Wildman–Crippen LogP) is 19.4.